The van der Waals surface area contributed by atoms with Gasteiger partial charge in [0.05, 0.1) is 10.5 Å². The second-order valence-corrected chi connectivity index (χ2v) is 8.49. The predicted molar refractivity (Wildman–Crippen MR) is 109 cm³/mol. The van der Waals surface area contributed by atoms with Gasteiger partial charge in [0, 0.05) is 5.69 Å². The molecule has 4 rings (SSSR count). The van der Waals surface area contributed by atoms with Crippen LogP contribution < -0.4 is 26.6 Å². The average Bonchev–Trinajstić information content (AvgIpc) is 3.28. The molecule has 31 heavy (non-hydrogen) atoms. The van der Waals surface area contributed by atoms with E-state index in [4.69, 9.17) is 0 Å². The summed E-state index contributed by atoms with van der Waals surface area (Å²) in [5, 5.41) is 0. The number of hydrogen-bond acceptors (Lipinski definition) is 6. The molecule has 1 aliphatic heterocycles. The van der Waals surface area contributed by atoms with Crippen LogP contribution in [-0.2, 0) is 16.2 Å². The summed E-state index contributed by atoms with van der Waals surface area (Å²) in [5.41, 5.74) is 12.6. The van der Waals surface area contributed by atoms with Gasteiger partial charge in [-0.25, -0.2) is 19.3 Å². The van der Waals surface area contributed by atoms with E-state index in [1.807, 2.05) is 6.07 Å². The molecule has 162 valence electrons. The second-order valence-electron chi connectivity index (χ2n) is 6.81. The summed E-state index contributed by atoms with van der Waals surface area (Å²) < 4.78 is 66.6. The van der Waals surface area contributed by atoms with Crippen LogP contribution in [0.15, 0.2) is 77.7 Å². The van der Waals surface area contributed by atoms with Crippen molar-refractivity contribution < 1.29 is 21.6 Å². The number of sulfonamides is 1. The van der Waals surface area contributed by atoms with Gasteiger partial charge in [-0.15, -0.1) is 0 Å². The zero-order valence-electron chi connectivity index (χ0n) is 15.9. The number of anilines is 1. The molecule has 0 saturated carbocycles. The van der Waals surface area contributed by atoms with Crippen molar-refractivity contribution in [2.24, 2.45) is 0 Å². The molecule has 0 aromatic heterocycles. The summed E-state index contributed by atoms with van der Waals surface area (Å²) in [6, 6.07) is 17.4. The summed E-state index contributed by atoms with van der Waals surface area (Å²) in [6.45, 7) is 0. The molecule has 1 aliphatic rings. The fourth-order valence-corrected chi connectivity index (χ4v) is 4.20. The van der Waals surface area contributed by atoms with E-state index in [2.05, 4.69) is 26.6 Å². The lowest BCUT2D eigenvalue weighted by atomic mass is 10.0. The third-order valence-corrected chi connectivity index (χ3v) is 6.04. The first-order valence-corrected chi connectivity index (χ1v) is 10.6. The van der Waals surface area contributed by atoms with Crippen LogP contribution in [0.3, 0.4) is 0 Å². The summed E-state index contributed by atoms with van der Waals surface area (Å²) in [6.07, 6.45) is -4.69. The molecular formula is C20H18F3N5O2S. The van der Waals surface area contributed by atoms with Crippen molar-refractivity contribution >= 4 is 15.7 Å². The van der Waals surface area contributed by atoms with E-state index < -0.39 is 21.8 Å². The molecule has 3 aromatic carbocycles. The first-order valence-electron chi connectivity index (χ1n) is 9.14. The molecule has 7 nitrogen and oxygen atoms in total. The maximum Gasteiger partial charge on any atom is 0.416 e. The lowest BCUT2D eigenvalue weighted by molar-refractivity contribution is -0.137. The summed E-state index contributed by atoms with van der Waals surface area (Å²) in [4.78, 5) is -0.00393. The van der Waals surface area contributed by atoms with Gasteiger partial charge >= 0.3 is 6.18 Å². The number of hydrogen-bond donors (Lipinski definition) is 5. The van der Waals surface area contributed by atoms with Crippen LogP contribution in [0.25, 0.3) is 11.1 Å². The average molecular weight is 449 g/mol. The highest BCUT2D eigenvalue weighted by atomic mass is 32.2. The van der Waals surface area contributed by atoms with Gasteiger partial charge in [-0.2, -0.15) is 24.2 Å². The molecule has 0 bridgehead atoms. The minimum absolute atomic E-state index is 0.00393. The molecule has 1 fully saturated rings. The fourth-order valence-electron chi connectivity index (χ4n) is 3.11. The van der Waals surface area contributed by atoms with Gasteiger partial charge in [0.1, 0.15) is 6.17 Å². The Labute approximate surface area is 176 Å². The largest absolute Gasteiger partial charge is 0.416 e. The number of rotatable bonds is 5. The molecule has 1 heterocycles. The van der Waals surface area contributed by atoms with Crippen molar-refractivity contribution in [2.75, 3.05) is 4.72 Å². The van der Waals surface area contributed by atoms with Crippen LogP contribution in [0.2, 0.25) is 0 Å². The van der Waals surface area contributed by atoms with Crippen LogP contribution in [0.1, 0.15) is 17.3 Å². The summed E-state index contributed by atoms with van der Waals surface area (Å²) in [7, 11) is -3.92. The molecule has 0 radical (unpaired) electrons. The topological polar surface area (TPSA) is 94.3 Å². The Morgan fingerprint density at radius 3 is 2.16 bits per heavy atom. The minimum atomic E-state index is -4.43. The first kappa shape index (κ1) is 21.3. The third-order valence-electron chi connectivity index (χ3n) is 4.66. The van der Waals surface area contributed by atoms with Gasteiger partial charge in [-0.3, -0.25) is 4.72 Å². The highest BCUT2D eigenvalue weighted by Gasteiger charge is 2.30. The number of hydrazine groups is 3. The van der Waals surface area contributed by atoms with E-state index in [0.717, 1.165) is 17.7 Å². The molecule has 0 atom stereocenters. The Morgan fingerprint density at radius 1 is 0.806 bits per heavy atom. The third kappa shape index (κ3) is 4.86. The van der Waals surface area contributed by atoms with E-state index in [9.17, 15) is 21.6 Å². The van der Waals surface area contributed by atoms with Crippen molar-refractivity contribution in [1.82, 2.24) is 21.9 Å². The molecule has 3 aromatic rings. The summed E-state index contributed by atoms with van der Waals surface area (Å²) in [5.74, 6) is 0. The molecular weight excluding hydrogens is 431 g/mol. The Balaban J connectivity index is 1.57. The lowest BCUT2D eigenvalue weighted by Crippen LogP contribution is -2.33. The van der Waals surface area contributed by atoms with Gasteiger partial charge in [0.25, 0.3) is 10.0 Å². The molecule has 0 aliphatic carbocycles. The minimum Gasteiger partial charge on any atom is -0.280 e. The standard InChI is InChI=1S/C20H18F3N5O2S/c21-20(22,23)16-9-7-13(8-10-16)14-3-2-6-18(12-14)31(29,30)26-17-5-1-4-15(11-17)19-24-27-28-25-19/h1-12,19,24-28H. The van der Waals surface area contributed by atoms with E-state index in [1.165, 1.54) is 24.3 Å². The van der Waals surface area contributed by atoms with Gasteiger partial charge in [-0.05, 0) is 53.1 Å². The Hall–Kier alpha value is -2.96. The predicted octanol–water partition coefficient (Wildman–Crippen LogP) is 3.29. The van der Waals surface area contributed by atoms with Crippen molar-refractivity contribution in [3.05, 3.63) is 83.9 Å². The van der Waals surface area contributed by atoms with Crippen LogP contribution in [0, 0.1) is 0 Å². The van der Waals surface area contributed by atoms with Crippen LogP contribution in [0.4, 0.5) is 18.9 Å². The number of nitrogens with one attached hydrogen (secondary N) is 5. The molecule has 0 unspecified atom stereocenters. The first-order chi connectivity index (χ1) is 14.7. The normalized spacial score (nSPS) is 15.2. The Bertz CT molecular complexity index is 1180. The van der Waals surface area contributed by atoms with Gasteiger partial charge < -0.3 is 0 Å². The molecule has 11 heteroatoms. The quantitative estimate of drug-likeness (QED) is 0.411. The molecule has 1 saturated heterocycles. The molecule has 0 amide bonds. The van der Waals surface area contributed by atoms with Crippen molar-refractivity contribution in [2.45, 2.75) is 17.2 Å². The number of alkyl halides is 3. The van der Waals surface area contributed by atoms with E-state index in [0.29, 0.717) is 16.8 Å². The van der Waals surface area contributed by atoms with Gasteiger partial charge in [0.2, 0.25) is 0 Å². The highest BCUT2D eigenvalue weighted by molar-refractivity contribution is 7.92. The van der Waals surface area contributed by atoms with Gasteiger partial charge in [0.15, 0.2) is 0 Å². The number of halogens is 3. The maximum absolute atomic E-state index is 12.9. The smallest absolute Gasteiger partial charge is 0.280 e. The van der Waals surface area contributed by atoms with Crippen LogP contribution in [-0.4, -0.2) is 8.42 Å². The fraction of sp³-hybridized carbons (Fsp3) is 0.100. The van der Waals surface area contributed by atoms with Gasteiger partial charge in [-0.1, -0.05) is 36.4 Å². The molecule has 0 spiro atoms. The number of benzene rings is 3. The van der Waals surface area contributed by atoms with E-state index in [1.54, 1.807) is 30.3 Å². The Kier molecular flexibility index (Phi) is 5.69. The lowest BCUT2D eigenvalue weighted by Gasteiger charge is -2.13. The summed E-state index contributed by atoms with van der Waals surface area (Å²) >= 11 is 0. The second kappa shape index (κ2) is 8.29. The highest BCUT2D eigenvalue weighted by Crippen LogP contribution is 2.31. The Morgan fingerprint density at radius 2 is 1.48 bits per heavy atom. The maximum atomic E-state index is 12.9. The zero-order valence-corrected chi connectivity index (χ0v) is 16.7. The van der Waals surface area contributed by atoms with Crippen molar-refractivity contribution in [3.63, 3.8) is 0 Å². The van der Waals surface area contributed by atoms with E-state index in [-0.39, 0.29) is 11.1 Å². The van der Waals surface area contributed by atoms with E-state index >= 15 is 0 Å². The monoisotopic (exact) mass is 449 g/mol. The van der Waals surface area contributed by atoms with Crippen molar-refractivity contribution in [3.8, 4) is 11.1 Å². The molecule has 5 N–H and O–H groups in total. The van der Waals surface area contributed by atoms with Crippen LogP contribution >= 0.6 is 0 Å². The SMILES string of the molecule is O=S(=O)(Nc1cccc(C2NNNN2)c1)c1cccc(-c2ccc(C(F)(F)F)cc2)c1. The van der Waals surface area contributed by atoms with Crippen molar-refractivity contribution in [1.29, 1.82) is 0 Å². The zero-order chi connectivity index (χ0) is 22.1. The van der Waals surface area contributed by atoms with Crippen LogP contribution in [0.5, 0.6) is 0 Å².